The number of amides is 2. The van der Waals surface area contributed by atoms with Gasteiger partial charge >= 0.3 is 0 Å². The molecule has 0 aliphatic carbocycles. The van der Waals surface area contributed by atoms with E-state index in [2.05, 4.69) is 48.0 Å². The summed E-state index contributed by atoms with van der Waals surface area (Å²) < 4.78 is 5.98. The van der Waals surface area contributed by atoms with Gasteiger partial charge in [0.2, 0.25) is 11.8 Å². The van der Waals surface area contributed by atoms with Crippen LogP contribution in [0.25, 0.3) is 0 Å². The van der Waals surface area contributed by atoms with Crippen LogP contribution in [0.3, 0.4) is 0 Å². The predicted molar refractivity (Wildman–Crippen MR) is 150 cm³/mol. The fourth-order valence-corrected chi connectivity index (χ4v) is 4.92. The molecule has 0 bridgehead atoms. The van der Waals surface area contributed by atoms with Crippen LogP contribution in [0.2, 0.25) is 0 Å². The van der Waals surface area contributed by atoms with Gasteiger partial charge in [-0.2, -0.15) is 0 Å². The van der Waals surface area contributed by atoms with Crippen LogP contribution in [0.15, 0.2) is 79.0 Å². The molecule has 0 radical (unpaired) electrons. The van der Waals surface area contributed by atoms with E-state index in [0.717, 1.165) is 42.8 Å². The van der Waals surface area contributed by atoms with E-state index in [-0.39, 0.29) is 5.91 Å². The average Bonchev–Trinajstić information content (AvgIpc) is 2.94. The number of nitrogens with zero attached hydrogens (tertiary/aromatic N) is 3. The van der Waals surface area contributed by atoms with E-state index in [0.29, 0.717) is 37.4 Å². The highest BCUT2D eigenvalue weighted by atomic mass is 16.5. The fourth-order valence-electron chi connectivity index (χ4n) is 4.92. The van der Waals surface area contributed by atoms with Crippen LogP contribution < -0.4 is 15.4 Å². The number of carbonyl (C=O) groups excluding carboxylic acids is 2. The summed E-state index contributed by atoms with van der Waals surface area (Å²) in [5.41, 5.74) is 8.32. The molecule has 2 heterocycles. The van der Waals surface area contributed by atoms with Crippen LogP contribution in [0, 0.1) is 5.92 Å². The van der Waals surface area contributed by atoms with Crippen molar-refractivity contribution in [3.05, 3.63) is 90.3 Å². The summed E-state index contributed by atoms with van der Waals surface area (Å²) in [6, 6.07) is 24.0. The number of pyridine rings is 1. The minimum absolute atomic E-state index is 0.261. The first-order valence-corrected chi connectivity index (χ1v) is 13.4. The van der Waals surface area contributed by atoms with Crippen LogP contribution in [0.4, 0.5) is 5.69 Å². The number of rotatable bonds is 11. The quantitative estimate of drug-likeness (QED) is 0.372. The molecule has 0 spiro atoms. The van der Waals surface area contributed by atoms with Gasteiger partial charge in [-0.1, -0.05) is 50.2 Å². The number of piperidine rings is 1. The lowest BCUT2D eigenvalue weighted by Gasteiger charge is -2.40. The van der Waals surface area contributed by atoms with Crippen LogP contribution in [-0.2, 0) is 16.2 Å². The smallest absolute Gasteiger partial charge is 0.241 e. The van der Waals surface area contributed by atoms with Crippen molar-refractivity contribution in [1.82, 2.24) is 9.88 Å². The van der Waals surface area contributed by atoms with E-state index in [9.17, 15) is 9.59 Å². The highest BCUT2D eigenvalue weighted by Crippen LogP contribution is 2.28. The summed E-state index contributed by atoms with van der Waals surface area (Å²) in [5.74, 6) is -0.545. The van der Waals surface area contributed by atoms with Crippen LogP contribution in [-0.4, -0.2) is 47.4 Å². The summed E-state index contributed by atoms with van der Waals surface area (Å²) in [4.78, 5) is 33.9. The lowest BCUT2D eigenvalue weighted by Crippen LogP contribution is -2.49. The molecule has 0 saturated carbocycles. The van der Waals surface area contributed by atoms with Crippen molar-refractivity contribution >= 4 is 17.5 Å². The van der Waals surface area contributed by atoms with Crippen LogP contribution >= 0.6 is 0 Å². The summed E-state index contributed by atoms with van der Waals surface area (Å²) in [6.45, 7) is 7.11. The Labute approximate surface area is 225 Å². The van der Waals surface area contributed by atoms with Crippen molar-refractivity contribution in [3.63, 3.8) is 0 Å². The van der Waals surface area contributed by atoms with Crippen LogP contribution in [0.1, 0.15) is 50.3 Å². The maximum atomic E-state index is 13.3. The van der Waals surface area contributed by atoms with Gasteiger partial charge in [0, 0.05) is 37.6 Å². The molecule has 2 N–H and O–H groups in total. The molecule has 4 rings (SSSR count). The monoisotopic (exact) mass is 514 g/mol. The zero-order chi connectivity index (χ0) is 26.9. The summed E-state index contributed by atoms with van der Waals surface area (Å²) in [5, 5.41) is 0. The predicted octanol–water partition coefficient (Wildman–Crippen LogP) is 4.77. The molecule has 38 heavy (non-hydrogen) atoms. The van der Waals surface area contributed by atoms with Gasteiger partial charge in [-0.3, -0.25) is 14.6 Å². The Balaban J connectivity index is 1.41. The number of hydrogen-bond acceptors (Lipinski definition) is 5. The maximum absolute atomic E-state index is 13.3. The maximum Gasteiger partial charge on any atom is 0.241 e. The zero-order valence-corrected chi connectivity index (χ0v) is 22.3. The SMILES string of the molecule is CC(C)CCN(c1ccc(OCc2ccccc2)cc1)C1CCN(C(=O)C(C(N)=O)c2ccccn2)CC1. The molecular weight excluding hydrogens is 476 g/mol. The molecule has 3 aromatic rings. The fraction of sp³-hybridized carbons (Fsp3) is 0.387. The number of primary amides is 1. The van der Waals surface area contributed by atoms with Gasteiger partial charge < -0.3 is 20.3 Å². The van der Waals surface area contributed by atoms with Gasteiger partial charge in [0.05, 0.1) is 5.69 Å². The lowest BCUT2D eigenvalue weighted by molar-refractivity contribution is -0.138. The second kappa shape index (κ2) is 13.1. The molecule has 1 aromatic heterocycles. The van der Waals surface area contributed by atoms with E-state index in [1.165, 1.54) is 0 Å². The number of ether oxygens (including phenoxy) is 1. The molecular formula is C31H38N4O3. The van der Waals surface area contributed by atoms with Crippen LogP contribution in [0.5, 0.6) is 5.75 Å². The van der Waals surface area contributed by atoms with Crippen molar-refractivity contribution in [2.75, 3.05) is 24.5 Å². The van der Waals surface area contributed by atoms with Gasteiger partial charge in [-0.05, 0) is 67.1 Å². The molecule has 1 aliphatic heterocycles. The summed E-state index contributed by atoms with van der Waals surface area (Å²) >= 11 is 0. The number of benzene rings is 2. The lowest BCUT2D eigenvalue weighted by atomic mass is 9.97. The van der Waals surface area contributed by atoms with Crippen molar-refractivity contribution < 1.29 is 14.3 Å². The third-order valence-corrected chi connectivity index (χ3v) is 7.10. The van der Waals surface area contributed by atoms with Crippen molar-refractivity contribution in [3.8, 4) is 5.75 Å². The summed E-state index contributed by atoms with van der Waals surface area (Å²) in [7, 11) is 0. The molecule has 1 atom stereocenters. The molecule has 1 fully saturated rings. The Morgan fingerprint density at radius 1 is 1.00 bits per heavy atom. The molecule has 1 unspecified atom stereocenters. The second-order valence-corrected chi connectivity index (χ2v) is 10.3. The molecule has 7 nitrogen and oxygen atoms in total. The molecule has 2 amide bonds. The van der Waals surface area contributed by atoms with Crippen molar-refractivity contribution in [1.29, 1.82) is 0 Å². The van der Waals surface area contributed by atoms with E-state index in [1.807, 2.05) is 30.3 Å². The number of hydrogen-bond donors (Lipinski definition) is 1. The van der Waals surface area contributed by atoms with Crippen molar-refractivity contribution in [2.24, 2.45) is 11.7 Å². The van der Waals surface area contributed by atoms with Gasteiger partial charge in [0.15, 0.2) is 5.92 Å². The first kappa shape index (κ1) is 27.2. The molecule has 200 valence electrons. The topological polar surface area (TPSA) is 88.8 Å². The highest BCUT2D eigenvalue weighted by Gasteiger charge is 2.35. The zero-order valence-electron chi connectivity index (χ0n) is 22.3. The minimum Gasteiger partial charge on any atom is -0.489 e. The number of carbonyl (C=O) groups is 2. The summed E-state index contributed by atoms with van der Waals surface area (Å²) in [6.07, 6.45) is 4.30. The highest BCUT2D eigenvalue weighted by molar-refractivity contribution is 6.04. The third kappa shape index (κ3) is 7.12. The van der Waals surface area contributed by atoms with E-state index < -0.39 is 11.8 Å². The number of aromatic nitrogens is 1. The normalized spacial score (nSPS) is 14.8. The Bertz CT molecular complexity index is 1160. The van der Waals surface area contributed by atoms with Gasteiger partial charge in [-0.15, -0.1) is 0 Å². The second-order valence-electron chi connectivity index (χ2n) is 10.3. The Morgan fingerprint density at radius 3 is 2.29 bits per heavy atom. The first-order chi connectivity index (χ1) is 18.4. The van der Waals surface area contributed by atoms with E-state index in [4.69, 9.17) is 10.5 Å². The third-order valence-electron chi connectivity index (χ3n) is 7.10. The van der Waals surface area contributed by atoms with Gasteiger partial charge in [-0.25, -0.2) is 0 Å². The number of anilines is 1. The standard InChI is InChI=1S/C31H38N4O3/c1-23(2)15-21-35(25-11-13-27(14-12-25)38-22-24-8-4-3-5-9-24)26-16-19-34(20-17-26)31(37)29(30(32)36)28-10-6-7-18-33-28/h3-14,18,23,26,29H,15-17,19-22H2,1-2H3,(H2,32,36). The van der Waals surface area contributed by atoms with E-state index in [1.54, 1.807) is 29.3 Å². The molecule has 1 aliphatic rings. The Hall–Kier alpha value is -3.87. The van der Waals surface area contributed by atoms with Gasteiger partial charge in [0.25, 0.3) is 0 Å². The Morgan fingerprint density at radius 2 is 1.68 bits per heavy atom. The number of likely N-dealkylation sites (tertiary alicyclic amines) is 1. The molecule has 1 saturated heterocycles. The largest absolute Gasteiger partial charge is 0.489 e. The molecule has 7 heteroatoms. The Kier molecular flexibility index (Phi) is 9.35. The first-order valence-electron chi connectivity index (χ1n) is 13.4. The van der Waals surface area contributed by atoms with Gasteiger partial charge in [0.1, 0.15) is 12.4 Å². The molecule has 2 aromatic carbocycles. The number of nitrogens with two attached hydrogens (primary N) is 1. The van der Waals surface area contributed by atoms with Crippen molar-refractivity contribution in [2.45, 2.75) is 51.7 Å². The van der Waals surface area contributed by atoms with E-state index >= 15 is 0 Å². The minimum atomic E-state index is -1.05. The average molecular weight is 515 g/mol.